The summed E-state index contributed by atoms with van der Waals surface area (Å²) in [6.07, 6.45) is 3.46. The molecule has 5 heteroatoms. The van der Waals surface area contributed by atoms with Gasteiger partial charge in [0.1, 0.15) is 0 Å². The number of carbonyl (C=O) groups excluding carboxylic acids is 1. The molecule has 1 aromatic heterocycles. The first kappa shape index (κ1) is 13.8. The third kappa shape index (κ3) is 2.69. The van der Waals surface area contributed by atoms with E-state index < -0.39 is 6.10 Å². The Labute approximate surface area is 123 Å². The SMILES string of the molecule is CC(O)c1ccccc1NC(=O)c1n[nH]c2c1CCCC2. The molecule has 3 rings (SSSR count). The Morgan fingerprint density at radius 1 is 1.33 bits per heavy atom. The number of para-hydroxylation sites is 1. The zero-order chi connectivity index (χ0) is 14.8. The molecule has 0 fully saturated rings. The second-order valence-electron chi connectivity index (χ2n) is 5.45. The summed E-state index contributed by atoms with van der Waals surface area (Å²) in [6, 6.07) is 7.27. The van der Waals surface area contributed by atoms with E-state index in [9.17, 15) is 9.90 Å². The van der Waals surface area contributed by atoms with E-state index in [1.807, 2.05) is 12.1 Å². The van der Waals surface area contributed by atoms with Crippen LogP contribution in [0.2, 0.25) is 0 Å². The minimum atomic E-state index is -0.630. The zero-order valence-electron chi connectivity index (χ0n) is 12.0. The van der Waals surface area contributed by atoms with Crippen molar-refractivity contribution >= 4 is 11.6 Å². The number of nitrogens with one attached hydrogen (secondary N) is 2. The van der Waals surface area contributed by atoms with Crippen LogP contribution >= 0.6 is 0 Å². The summed E-state index contributed by atoms with van der Waals surface area (Å²) in [5.41, 5.74) is 3.92. The number of benzene rings is 1. The monoisotopic (exact) mass is 285 g/mol. The van der Waals surface area contributed by atoms with Crippen LogP contribution in [0.1, 0.15) is 53.2 Å². The molecule has 0 saturated heterocycles. The first-order valence-electron chi connectivity index (χ1n) is 7.31. The number of nitrogens with zero attached hydrogens (tertiary/aromatic N) is 1. The van der Waals surface area contributed by atoms with Gasteiger partial charge in [-0.15, -0.1) is 0 Å². The van der Waals surface area contributed by atoms with Crippen LogP contribution in [-0.4, -0.2) is 21.2 Å². The van der Waals surface area contributed by atoms with Gasteiger partial charge < -0.3 is 10.4 Å². The van der Waals surface area contributed by atoms with Crippen molar-refractivity contribution in [2.45, 2.75) is 38.7 Å². The minimum Gasteiger partial charge on any atom is -0.389 e. The van der Waals surface area contributed by atoms with Gasteiger partial charge >= 0.3 is 0 Å². The summed E-state index contributed by atoms with van der Waals surface area (Å²) in [6.45, 7) is 1.68. The lowest BCUT2D eigenvalue weighted by atomic mass is 9.95. The van der Waals surface area contributed by atoms with Crippen LogP contribution < -0.4 is 5.32 Å². The van der Waals surface area contributed by atoms with Gasteiger partial charge in [-0.05, 0) is 38.7 Å². The van der Waals surface area contributed by atoms with Crippen molar-refractivity contribution in [2.75, 3.05) is 5.32 Å². The van der Waals surface area contributed by atoms with E-state index in [1.165, 1.54) is 0 Å². The maximum Gasteiger partial charge on any atom is 0.276 e. The number of anilines is 1. The van der Waals surface area contributed by atoms with Crippen molar-refractivity contribution in [1.29, 1.82) is 0 Å². The van der Waals surface area contributed by atoms with Gasteiger partial charge in [0, 0.05) is 22.5 Å². The number of aryl methyl sites for hydroxylation is 1. The van der Waals surface area contributed by atoms with Crippen molar-refractivity contribution in [3.63, 3.8) is 0 Å². The lowest BCUT2D eigenvalue weighted by Gasteiger charge is -2.14. The van der Waals surface area contributed by atoms with Gasteiger partial charge in [0.2, 0.25) is 0 Å². The van der Waals surface area contributed by atoms with Gasteiger partial charge in [0.05, 0.1) is 6.10 Å². The molecule has 0 radical (unpaired) electrons. The Morgan fingerprint density at radius 2 is 2.10 bits per heavy atom. The highest BCUT2D eigenvalue weighted by Gasteiger charge is 2.22. The predicted octanol–water partition coefficient (Wildman–Crippen LogP) is 2.59. The number of hydrogen-bond donors (Lipinski definition) is 3. The van der Waals surface area contributed by atoms with Crippen molar-refractivity contribution < 1.29 is 9.90 Å². The van der Waals surface area contributed by atoms with Gasteiger partial charge in [0.15, 0.2) is 5.69 Å². The highest BCUT2D eigenvalue weighted by molar-refractivity contribution is 6.04. The summed E-state index contributed by atoms with van der Waals surface area (Å²) in [7, 11) is 0. The lowest BCUT2D eigenvalue weighted by Crippen LogP contribution is -2.17. The molecule has 3 N–H and O–H groups in total. The van der Waals surface area contributed by atoms with Crippen LogP contribution in [0.5, 0.6) is 0 Å². The largest absolute Gasteiger partial charge is 0.389 e. The molecule has 1 heterocycles. The maximum atomic E-state index is 12.4. The first-order valence-corrected chi connectivity index (χ1v) is 7.31. The topological polar surface area (TPSA) is 78.0 Å². The van der Waals surface area contributed by atoms with Crippen LogP contribution in [0.15, 0.2) is 24.3 Å². The van der Waals surface area contributed by atoms with Crippen molar-refractivity contribution in [2.24, 2.45) is 0 Å². The number of fused-ring (bicyclic) bond motifs is 1. The minimum absolute atomic E-state index is 0.220. The first-order chi connectivity index (χ1) is 10.2. The number of aromatic amines is 1. The number of aromatic nitrogens is 2. The number of hydrogen-bond acceptors (Lipinski definition) is 3. The quantitative estimate of drug-likeness (QED) is 0.811. The molecule has 110 valence electrons. The Hall–Kier alpha value is -2.14. The number of amides is 1. The Morgan fingerprint density at radius 3 is 2.90 bits per heavy atom. The van der Waals surface area contributed by atoms with Crippen LogP contribution in [0.25, 0.3) is 0 Å². The molecule has 0 bridgehead atoms. The number of H-pyrrole nitrogens is 1. The van der Waals surface area contributed by atoms with Crippen LogP contribution in [0, 0.1) is 0 Å². The number of aliphatic hydroxyl groups excluding tert-OH is 1. The van der Waals surface area contributed by atoms with E-state index in [2.05, 4.69) is 15.5 Å². The molecule has 1 amide bonds. The normalized spacial score (nSPS) is 15.3. The standard InChI is InChI=1S/C16H19N3O2/c1-10(20)11-6-2-4-8-13(11)17-16(21)15-12-7-3-5-9-14(12)18-19-15/h2,4,6,8,10,20H,3,5,7,9H2,1H3,(H,17,21)(H,18,19). The number of carbonyl (C=O) groups is 1. The summed E-state index contributed by atoms with van der Waals surface area (Å²) in [5, 5.41) is 19.8. The molecule has 5 nitrogen and oxygen atoms in total. The average Bonchev–Trinajstić information content (AvgIpc) is 2.91. The van der Waals surface area contributed by atoms with Gasteiger partial charge in [-0.3, -0.25) is 9.89 Å². The highest BCUT2D eigenvalue weighted by atomic mass is 16.3. The Kier molecular flexibility index (Phi) is 3.75. The lowest BCUT2D eigenvalue weighted by molar-refractivity contribution is 0.102. The van der Waals surface area contributed by atoms with Crippen LogP contribution in [0.3, 0.4) is 0 Å². The smallest absolute Gasteiger partial charge is 0.276 e. The van der Waals surface area contributed by atoms with Crippen molar-refractivity contribution in [3.05, 3.63) is 46.8 Å². The molecule has 21 heavy (non-hydrogen) atoms. The van der Waals surface area contributed by atoms with E-state index >= 15 is 0 Å². The second kappa shape index (κ2) is 5.69. The summed E-state index contributed by atoms with van der Waals surface area (Å²) < 4.78 is 0. The summed E-state index contributed by atoms with van der Waals surface area (Å²) >= 11 is 0. The van der Waals surface area contributed by atoms with Gasteiger partial charge in [0.25, 0.3) is 5.91 Å². The van der Waals surface area contributed by atoms with Gasteiger partial charge in [-0.2, -0.15) is 5.10 Å². The average molecular weight is 285 g/mol. The molecule has 0 saturated carbocycles. The maximum absolute atomic E-state index is 12.4. The third-order valence-electron chi connectivity index (χ3n) is 3.93. The van der Waals surface area contributed by atoms with E-state index in [4.69, 9.17) is 0 Å². The molecular formula is C16H19N3O2. The fourth-order valence-corrected chi connectivity index (χ4v) is 2.83. The van der Waals surface area contributed by atoms with Crippen molar-refractivity contribution in [1.82, 2.24) is 10.2 Å². The molecule has 2 aromatic rings. The van der Waals surface area contributed by atoms with Gasteiger partial charge in [-0.1, -0.05) is 18.2 Å². The Balaban J connectivity index is 1.86. The van der Waals surface area contributed by atoms with E-state index in [1.54, 1.807) is 19.1 Å². The fourth-order valence-electron chi connectivity index (χ4n) is 2.83. The van der Waals surface area contributed by atoms with E-state index in [-0.39, 0.29) is 5.91 Å². The number of aliphatic hydroxyl groups is 1. The van der Waals surface area contributed by atoms with E-state index in [0.717, 1.165) is 36.9 Å². The molecule has 0 spiro atoms. The second-order valence-corrected chi connectivity index (χ2v) is 5.45. The molecule has 1 aromatic carbocycles. The summed E-state index contributed by atoms with van der Waals surface area (Å²) in [5.74, 6) is -0.220. The molecule has 1 unspecified atom stereocenters. The van der Waals surface area contributed by atoms with Crippen molar-refractivity contribution in [3.8, 4) is 0 Å². The fraction of sp³-hybridized carbons (Fsp3) is 0.375. The highest BCUT2D eigenvalue weighted by Crippen LogP contribution is 2.25. The van der Waals surface area contributed by atoms with Crippen LogP contribution in [-0.2, 0) is 12.8 Å². The molecule has 0 aliphatic heterocycles. The molecule has 1 aliphatic carbocycles. The summed E-state index contributed by atoms with van der Waals surface area (Å²) in [4.78, 5) is 12.4. The van der Waals surface area contributed by atoms with Crippen LogP contribution in [0.4, 0.5) is 5.69 Å². The molecule has 1 aliphatic rings. The van der Waals surface area contributed by atoms with E-state index in [0.29, 0.717) is 16.9 Å². The molecular weight excluding hydrogens is 266 g/mol. The Bertz CT molecular complexity index is 661. The number of rotatable bonds is 3. The predicted molar refractivity (Wildman–Crippen MR) is 80.3 cm³/mol. The zero-order valence-corrected chi connectivity index (χ0v) is 12.0. The molecule has 1 atom stereocenters. The third-order valence-corrected chi connectivity index (χ3v) is 3.93. The van der Waals surface area contributed by atoms with Gasteiger partial charge in [-0.25, -0.2) is 0 Å².